The number of halogens is 3. The highest BCUT2D eigenvalue weighted by atomic mass is 35.5. The second kappa shape index (κ2) is 9.62. The number of nitrogens with one attached hydrogen (secondary N) is 1. The van der Waals surface area contributed by atoms with E-state index in [4.69, 9.17) is 43.6 Å². The van der Waals surface area contributed by atoms with Crippen LogP contribution in [0.25, 0.3) is 40.0 Å². The van der Waals surface area contributed by atoms with Crippen molar-refractivity contribution in [3.05, 3.63) is 99.2 Å². The van der Waals surface area contributed by atoms with E-state index >= 15 is 0 Å². The Hall–Kier alpha value is -3.51. The summed E-state index contributed by atoms with van der Waals surface area (Å²) >= 11 is 18.4. The van der Waals surface area contributed by atoms with Crippen molar-refractivity contribution < 1.29 is 13.6 Å². The summed E-state index contributed by atoms with van der Waals surface area (Å²) in [6, 6.07) is 19.7. The van der Waals surface area contributed by atoms with Gasteiger partial charge < -0.3 is 14.2 Å². The molecule has 0 bridgehead atoms. The van der Waals surface area contributed by atoms with Gasteiger partial charge in [0.1, 0.15) is 17.0 Å². The Bertz CT molecular complexity index is 1580. The predicted molar refractivity (Wildman–Crippen MR) is 141 cm³/mol. The van der Waals surface area contributed by atoms with E-state index in [0.29, 0.717) is 49.3 Å². The largest absolute Gasteiger partial charge is 0.457 e. The number of nitrogens with zero attached hydrogens (tertiary/aromatic N) is 1. The summed E-state index contributed by atoms with van der Waals surface area (Å²) in [5, 5.41) is 4.19. The molecule has 5 aromatic rings. The number of carbonyl (C=O) groups is 1. The Kier molecular flexibility index (Phi) is 6.39. The molecule has 2 aromatic heterocycles. The fraction of sp³-hybridized carbons (Fsp3) is 0.0370. The molecule has 0 saturated carbocycles. The molecule has 0 spiro atoms. The number of anilines is 1. The molecule has 35 heavy (non-hydrogen) atoms. The lowest BCUT2D eigenvalue weighted by Crippen LogP contribution is -2.08. The van der Waals surface area contributed by atoms with Crippen LogP contribution >= 0.6 is 34.8 Å². The molecule has 0 aliphatic carbocycles. The number of benzene rings is 3. The van der Waals surface area contributed by atoms with E-state index in [1.54, 1.807) is 54.6 Å². The first-order valence-corrected chi connectivity index (χ1v) is 11.7. The molecule has 0 aliphatic heterocycles. The molecular weight excluding hydrogens is 507 g/mol. The van der Waals surface area contributed by atoms with Crippen LogP contribution in [0.2, 0.25) is 15.1 Å². The minimum absolute atomic E-state index is 0.374. The summed E-state index contributed by atoms with van der Waals surface area (Å²) in [4.78, 5) is 17.1. The van der Waals surface area contributed by atoms with E-state index in [-0.39, 0.29) is 5.91 Å². The minimum Gasteiger partial charge on any atom is -0.457 e. The normalized spacial score (nSPS) is 11.4. The third-order valence-electron chi connectivity index (χ3n) is 5.19. The summed E-state index contributed by atoms with van der Waals surface area (Å²) < 4.78 is 11.6. The molecule has 3 aromatic carbocycles. The number of hydrogen-bond acceptors (Lipinski definition) is 4. The van der Waals surface area contributed by atoms with Gasteiger partial charge in [0.25, 0.3) is 0 Å². The molecule has 5 rings (SSSR count). The zero-order chi connectivity index (χ0) is 24.5. The molecule has 0 saturated heterocycles. The number of furan rings is 1. The Morgan fingerprint density at radius 2 is 1.69 bits per heavy atom. The van der Waals surface area contributed by atoms with Crippen molar-refractivity contribution in [1.82, 2.24) is 4.98 Å². The number of carbonyl (C=O) groups excluding carboxylic acids is 1. The standard InChI is InChI=1S/C27H17Cl3N2O3/c1-15-2-7-25-23(10-15)32-27(35-25)16-3-6-21(30)22(13-16)31-26(33)9-5-20-4-8-24(34-20)17-11-18(28)14-19(29)12-17/h2-14H,1H3,(H,31,33)/b9-5+. The zero-order valence-electron chi connectivity index (χ0n) is 18.3. The van der Waals surface area contributed by atoms with Crippen LogP contribution in [0.15, 0.2) is 81.6 Å². The van der Waals surface area contributed by atoms with Gasteiger partial charge in [0.15, 0.2) is 5.58 Å². The molecule has 1 amide bonds. The van der Waals surface area contributed by atoms with Crippen LogP contribution in [0.4, 0.5) is 5.69 Å². The summed E-state index contributed by atoms with van der Waals surface area (Å²) in [7, 11) is 0. The number of hydrogen-bond donors (Lipinski definition) is 1. The van der Waals surface area contributed by atoms with E-state index in [0.717, 1.165) is 16.6 Å². The SMILES string of the molecule is Cc1ccc2oc(-c3ccc(Cl)c(NC(=O)/C=C/c4ccc(-c5cc(Cl)cc(Cl)c5)o4)c3)nc2c1. The van der Waals surface area contributed by atoms with E-state index in [9.17, 15) is 4.79 Å². The van der Waals surface area contributed by atoms with Crippen LogP contribution in [0.3, 0.4) is 0 Å². The van der Waals surface area contributed by atoms with Crippen LogP contribution in [0.1, 0.15) is 11.3 Å². The van der Waals surface area contributed by atoms with Gasteiger partial charge in [0.05, 0.1) is 10.7 Å². The zero-order valence-corrected chi connectivity index (χ0v) is 20.6. The smallest absolute Gasteiger partial charge is 0.248 e. The lowest BCUT2D eigenvalue weighted by molar-refractivity contribution is -0.111. The Morgan fingerprint density at radius 1 is 0.886 bits per heavy atom. The molecule has 5 nitrogen and oxygen atoms in total. The van der Waals surface area contributed by atoms with Crippen LogP contribution in [-0.2, 0) is 4.79 Å². The molecule has 1 N–H and O–H groups in total. The molecule has 0 atom stereocenters. The molecule has 0 radical (unpaired) electrons. The van der Waals surface area contributed by atoms with Gasteiger partial charge in [-0.25, -0.2) is 4.98 Å². The van der Waals surface area contributed by atoms with Crippen molar-refractivity contribution in [2.75, 3.05) is 5.32 Å². The number of aryl methyl sites for hydroxylation is 1. The Balaban J connectivity index is 1.32. The van der Waals surface area contributed by atoms with E-state index < -0.39 is 0 Å². The van der Waals surface area contributed by atoms with E-state index in [1.807, 2.05) is 25.1 Å². The van der Waals surface area contributed by atoms with E-state index in [2.05, 4.69) is 10.3 Å². The number of amides is 1. The number of rotatable bonds is 5. The van der Waals surface area contributed by atoms with Gasteiger partial charge in [-0.05, 0) is 79.2 Å². The molecule has 0 aliphatic rings. The monoisotopic (exact) mass is 522 g/mol. The molecule has 0 fully saturated rings. The van der Waals surface area contributed by atoms with Gasteiger partial charge in [-0.15, -0.1) is 0 Å². The average Bonchev–Trinajstić information content (AvgIpc) is 3.45. The topological polar surface area (TPSA) is 68.3 Å². The average molecular weight is 524 g/mol. The van der Waals surface area contributed by atoms with Crippen molar-refractivity contribution in [3.8, 4) is 22.8 Å². The highest BCUT2D eigenvalue weighted by Gasteiger charge is 2.12. The van der Waals surface area contributed by atoms with Gasteiger partial charge in [-0.3, -0.25) is 4.79 Å². The Labute approximate surface area is 215 Å². The fourth-order valence-electron chi connectivity index (χ4n) is 3.54. The van der Waals surface area contributed by atoms with E-state index in [1.165, 1.54) is 6.08 Å². The van der Waals surface area contributed by atoms with Gasteiger partial charge in [0.2, 0.25) is 11.8 Å². The summed E-state index contributed by atoms with van der Waals surface area (Å²) in [6.07, 6.45) is 2.92. The lowest BCUT2D eigenvalue weighted by Gasteiger charge is -2.06. The van der Waals surface area contributed by atoms with Gasteiger partial charge in [-0.2, -0.15) is 0 Å². The predicted octanol–water partition coefficient (Wildman–Crippen LogP) is 8.68. The maximum Gasteiger partial charge on any atom is 0.248 e. The number of aromatic nitrogens is 1. The highest BCUT2D eigenvalue weighted by molar-refractivity contribution is 6.35. The molecule has 174 valence electrons. The quantitative estimate of drug-likeness (QED) is 0.234. The second-order valence-electron chi connectivity index (χ2n) is 7.87. The van der Waals surface area contributed by atoms with Crippen molar-refractivity contribution in [2.24, 2.45) is 0 Å². The first-order valence-electron chi connectivity index (χ1n) is 10.6. The third-order valence-corrected chi connectivity index (χ3v) is 5.95. The third kappa shape index (κ3) is 5.28. The lowest BCUT2D eigenvalue weighted by atomic mass is 10.2. The van der Waals surface area contributed by atoms with Gasteiger partial charge in [-0.1, -0.05) is 40.9 Å². The first kappa shape index (κ1) is 23.2. The van der Waals surface area contributed by atoms with Crippen LogP contribution in [0.5, 0.6) is 0 Å². The second-order valence-corrected chi connectivity index (χ2v) is 9.15. The summed E-state index contributed by atoms with van der Waals surface area (Å²) in [5.41, 5.74) is 4.41. The van der Waals surface area contributed by atoms with Crippen LogP contribution in [0, 0.1) is 6.92 Å². The molecule has 8 heteroatoms. The fourth-order valence-corrected chi connectivity index (χ4v) is 4.23. The van der Waals surface area contributed by atoms with Crippen LogP contribution < -0.4 is 5.32 Å². The summed E-state index contributed by atoms with van der Waals surface area (Å²) in [6.45, 7) is 1.99. The maximum absolute atomic E-state index is 12.6. The van der Waals surface area contributed by atoms with Gasteiger partial charge >= 0.3 is 0 Å². The Morgan fingerprint density at radius 3 is 2.49 bits per heavy atom. The van der Waals surface area contributed by atoms with Gasteiger partial charge in [0, 0.05) is 27.2 Å². The van der Waals surface area contributed by atoms with Crippen molar-refractivity contribution in [2.45, 2.75) is 6.92 Å². The van der Waals surface area contributed by atoms with Crippen molar-refractivity contribution in [3.63, 3.8) is 0 Å². The maximum atomic E-state index is 12.6. The first-order chi connectivity index (χ1) is 16.8. The van der Waals surface area contributed by atoms with Crippen LogP contribution in [-0.4, -0.2) is 10.9 Å². The molecular formula is C27H17Cl3N2O3. The van der Waals surface area contributed by atoms with Crippen molar-refractivity contribution in [1.29, 1.82) is 0 Å². The molecule has 2 heterocycles. The summed E-state index contributed by atoms with van der Waals surface area (Å²) in [5.74, 6) is 1.14. The molecule has 0 unspecified atom stereocenters. The minimum atomic E-state index is -0.374. The highest BCUT2D eigenvalue weighted by Crippen LogP contribution is 2.31. The number of oxazole rings is 1. The van der Waals surface area contributed by atoms with Crippen molar-refractivity contribution >= 4 is 63.6 Å². The number of fused-ring (bicyclic) bond motifs is 1.